The van der Waals surface area contributed by atoms with Gasteiger partial charge < -0.3 is 24.7 Å². The van der Waals surface area contributed by atoms with Crippen LogP contribution in [0.1, 0.15) is 18.1 Å². The lowest BCUT2D eigenvalue weighted by Gasteiger charge is -2.30. The number of nitrogens with one attached hydrogen (secondary N) is 2. The van der Waals surface area contributed by atoms with Crippen molar-refractivity contribution < 1.29 is 14.3 Å². The first-order chi connectivity index (χ1) is 16.6. The molecule has 0 aliphatic carbocycles. The fourth-order valence-corrected chi connectivity index (χ4v) is 4.13. The van der Waals surface area contributed by atoms with Crippen LogP contribution in [0.3, 0.4) is 0 Å². The number of benzene rings is 2. The monoisotopic (exact) mass is 464 g/mol. The van der Waals surface area contributed by atoms with E-state index in [1.807, 2.05) is 30.3 Å². The molecule has 180 valence electrons. The van der Waals surface area contributed by atoms with Crippen LogP contribution in [-0.4, -0.2) is 67.3 Å². The summed E-state index contributed by atoms with van der Waals surface area (Å²) >= 11 is 0. The fraction of sp³-hybridized carbons (Fsp3) is 0.385. The number of carbonyl (C=O) groups excluding carboxylic acids is 1. The van der Waals surface area contributed by atoms with Crippen LogP contribution >= 0.6 is 0 Å². The third kappa shape index (κ3) is 5.76. The molecule has 0 atom stereocenters. The summed E-state index contributed by atoms with van der Waals surface area (Å²) in [6, 6.07) is 14.9. The molecule has 8 heteroatoms. The number of pyridine rings is 1. The van der Waals surface area contributed by atoms with Crippen molar-refractivity contribution in [3.8, 4) is 5.75 Å². The molecule has 8 nitrogen and oxygen atoms in total. The van der Waals surface area contributed by atoms with Gasteiger partial charge in [0.25, 0.3) is 5.56 Å². The number of carbonyl (C=O) groups is 1. The second-order valence-electron chi connectivity index (χ2n) is 8.40. The molecule has 0 radical (unpaired) electrons. The van der Waals surface area contributed by atoms with Crippen LogP contribution in [0.25, 0.3) is 10.9 Å². The molecular formula is C26H32N4O4. The maximum absolute atomic E-state index is 13.3. The summed E-state index contributed by atoms with van der Waals surface area (Å²) in [6.45, 7) is 6.53. The van der Waals surface area contributed by atoms with Crippen molar-refractivity contribution in [2.75, 3.05) is 51.8 Å². The van der Waals surface area contributed by atoms with Crippen LogP contribution in [0, 0.1) is 0 Å². The minimum atomic E-state index is -0.278. The van der Waals surface area contributed by atoms with Gasteiger partial charge in [-0.15, -0.1) is 0 Å². The van der Waals surface area contributed by atoms with Crippen molar-refractivity contribution in [1.29, 1.82) is 0 Å². The van der Waals surface area contributed by atoms with Gasteiger partial charge in [0.1, 0.15) is 5.75 Å². The Kier molecular flexibility index (Phi) is 7.82. The molecule has 1 aliphatic rings. The summed E-state index contributed by atoms with van der Waals surface area (Å²) in [5.41, 5.74) is 2.95. The second-order valence-corrected chi connectivity index (χ2v) is 8.40. The lowest BCUT2D eigenvalue weighted by atomic mass is 10.1. The van der Waals surface area contributed by atoms with Gasteiger partial charge in [0.15, 0.2) is 0 Å². The third-order valence-corrected chi connectivity index (χ3v) is 6.18. The van der Waals surface area contributed by atoms with Crippen molar-refractivity contribution in [3.63, 3.8) is 0 Å². The first-order valence-electron chi connectivity index (χ1n) is 11.7. The Morgan fingerprint density at radius 2 is 1.97 bits per heavy atom. The number of fused-ring (bicyclic) bond motifs is 1. The molecular weight excluding hydrogens is 432 g/mol. The quantitative estimate of drug-likeness (QED) is 0.533. The highest BCUT2D eigenvalue weighted by atomic mass is 16.5. The maximum Gasteiger partial charge on any atom is 0.322 e. The van der Waals surface area contributed by atoms with Crippen molar-refractivity contribution in [3.05, 3.63) is 70.0 Å². The number of urea groups is 1. The van der Waals surface area contributed by atoms with E-state index in [1.165, 1.54) is 5.56 Å². The standard InChI is InChI=1S/C26H32N4O4/c1-3-19-8-9-22-20(16-19)17-21(25(31)27-22)18-30(11-10-29-12-14-34-15-13-29)26(32)28-23-6-4-5-7-24(23)33-2/h4-9,16-17H,3,10-15,18H2,1-2H3,(H,27,31)(H,28,32). The summed E-state index contributed by atoms with van der Waals surface area (Å²) in [5.74, 6) is 0.583. The minimum absolute atomic E-state index is 0.182. The van der Waals surface area contributed by atoms with Gasteiger partial charge in [-0.25, -0.2) is 4.79 Å². The van der Waals surface area contributed by atoms with Crippen LogP contribution < -0.4 is 15.6 Å². The number of nitrogens with zero attached hydrogens (tertiary/aromatic N) is 2. The summed E-state index contributed by atoms with van der Waals surface area (Å²) in [7, 11) is 1.57. The molecule has 0 spiro atoms. The van der Waals surface area contributed by atoms with Crippen molar-refractivity contribution in [1.82, 2.24) is 14.8 Å². The number of anilines is 1. The predicted octanol–water partition coefficient (Wildman–Crippen LogP) is 3.47. The second kappa shape index (κ2) is 11.2. The van der Waals surface area contributed by atoms with Crippen molar-refractivity contribution in [2.24, 2.45) is 0 Å². The Hall–Kier alpha value is -3.36. The number of H-pyrrole nitrogens is 1. The Labute approximate surface area is 199 Å². The van der Waals surface area contributed by atoms with E-state index in [2.05, 4.69) is 28.2 Å². The number of aryl methyl sites for hydroxylation is 1. The normalized spacial score (nSPS) is 14.2. The van der Waals surface area contributed by atoms with Crippen LogP contribution in [0.5, 0.6) is 5.75 Å². The molecule has 2 aromatic carbocycles. The number of ether oxygens (including phenoxy) is 2. The highest BCUT2D eigenvalue weighted by Gasteiger charge is 2.20. The number of hydrogen-bond acceptors (Lipinski definition) is 5. The Morgan fingerprint density at radius 1 is 1.18 bits per heavy atom. The lowest BCUT2D eigenvalue weighted by molar-refractivity contribution is 0.0349. The summed E-state index contributed by atoms with van der Waals surface area (Å²) in [6.07, 6.45) is 0.914. The smallest absolute Gasteiger partial charge is 0.322 e. The molecule has 4 rings (SSSR count). The van der Waals surface area contributed by atoms with Gasteiger partial charge in [-0.3, -0.25) is 9.69 Å². The molecule has 0 saturated carbocycles. The lowest BCUT2D eigenvalue weighted by Crippen LogP contribution is -2.44. The van der Waals surface area contributed by atoms with Gasteiger partial charge in [0.05, 0.1) is 32.6 Å². The zero-order valence-corrected chi connectivity index (χ0v) is 19.8. The first-order valence-corrected chi connectivity index (χ1v) is 11.7. The number of rotatable bonds is 8. The number of aromatic amines is 1. The Morgan fingerprint density at radius 3 is 2.74 bits per heavy atom. The predicted molar refractivity (Wildman–Crippen MR) is 134 cm³/mol. The molecule has 2 heterocycles. The third-order valence-electron chi connectivity index (χ3n) is 6.18. The van der Waals surface area contributed by atoms with Crippen LogP contribution in [0.15, 0.2) is 53.3 Å². The van der Waals surface area contributed by atoms with E-state index in [0.29, 0.717) is 43.3 Å². The highest BCUT2D eigenvalue weighted by molar-refractivity contribution is 5.91. The molecule has 1 fully saturated rings. The van der Waals surface area contributed by atoms with E-state index >= 15 is 0 Å². The van der Waals surface area contributed by atoms with E-state index in [4.69, 9.17) is 9.47 Å². The first kappa shape index (κ1) is 23.8. The van der Waals surface area contributed by atoms with E-state index < -0.39 is 0 Å². The molecule has 1 aromatic heterocycles. The molecule has 0 bridgehead atoms. The minimum Gasteiger partial charge on any atom is -0.495 e. The number of aromatic nitrogens is 1. The number of methoxy groups -OCH3 is 1. The average Bonchev–Trinajstić information content (AvgIpc) is 2.87. The summed E-state index contributed by atoms with van der Waals surface area (Å²) in [5, 5.41) is 3.92. The van der Waals surface area contributed by atoms with Crippen LogP contribution in [0.4, 0.5) is 10.5 Å². The number of para-hydroxylation sites is 2. The van der Waals surface area contributed by atoms with Crippen LogP contribution in [-0.2, 0) is 17.7 Å². The topological polar surface area (TPSA) is 86.9 Å². The number of morpholine rings is 1. The van der Waals surface area contributed by atoms with Crippen LogP contribution in [0.2, 0.25) is 0 Å². The summed E-state index contributed by atoms with van der Waals surface area (Å²) < 4.78 is 10.8. The van der Waals surface area contributed by atoms with Gasteiger partial charge in [0.2, 0.25) is 0 Å². The van der Waals surface area contributed by atoms with E-state index in [1.54, 1.807) is 24.1 Å². The van der Waals surface area contributed by atoms with Gasteiger partial charge >= 0.3 is 6.03 Å². The molecule has 3 aromatic rings. The largest absolute Gasteiger partial charge is 0.495 e. The Bertz CT molecular complexity index is 1190. The molecule has 2 amide bonds. The van der Waals surface area contributed by atoms with Gasteiger partial charge in [-0.2, -0.15) is 0 Å². The molecule has 0 unspecified atom stereocenters. The van der Waals surface area contributed by atoms with E-state index in [-0.39, 0.29) is 18.1 Å². The summed E-state index contributed by atoms with van der Waals surface area (Å²) in [4.78, 5) is 33.1. The molecule has 1 saturated heterocycles. The molecule has 34 heavy (non-hydrogen) atoms. The molecule has 2 N–H and O–H groups in total. The van der Waals surface area contributed by atoms with Crippen molar-refractivity contribution >= 4 is 22.6 Å². The van der Waals surface area contributed by atoms with Gasteiger partial charge in [-0.05, 0) is 47.7 Å². The van der Waals surface area contributed by atoms with Gasteiger partial charge in [0, 0.05) is 37.3 Å². The number of amides is 2. The van der Waals surface area contributed by atoms with Gasteiger partial charge in [-0.1, -0.05) is 25.1 Å². The maximum atomic E-state index is 13.3. The fourth-order valence-electron chi connectivity index (χ4n) is 4.13. The SMILES string of the molecule is CCc1ccc2[nH]c(=O)c(CN(CCN3CCOCC3)C(=O)Nc3ccccc3OC)cc2c1. The average molecular weight is 465 g/mol. The van der Waals surface area contributed by atoms with E-state index in [9.17, 15) is 9.59 Å². The van der Waals surface area contributed by atoms with Crippen molar-refractivity contribution in [2.45, 2.75) is 19.9 Å². The molecule has 1 aliphatic heterocycles. The zero-order valence-electron chi connectivity index (χ0n) is 19.8. The number of hydrogen-bond donors (Lipinski definition) is 2. The van der Waals surface area contributed by atoms with E-state index in [0.717, 1.165) is 30.4 Å². The zero-order chi connectivity index (χ0) is 23.9. The highest BCUT2D eigenvalue weighted by Crippen LogP contribution is 2.23. The Balaban J connectivity index is 1.58.